The monoisotopic (exact) mass is 344 g/mol. The molecule has 1 saturated heterocycles. The summed E-state index contributed by atoms with van der Waals surface area (Å²) >= 11 is 6.11. The molecule has 0 aromatic heterocycles. The molecular formula is C19H21ClN2O2. The third kappa shape index (κ3) is 3.89. The quantitative estimate of drug-likeness (QED) is 0.779. The van der Waals surface area contributed by atoms with Crippen LogP contribution in [0.3, 0.4) is 0 Å². The van der Waals surface area contributed by atoms with E-state index in [4.69, 9.17) is 16.3 Å². The zero-order chi connectivity index (χ0) is 16.9. The second kappa shape index (κ2) is 7.69. The summed E-state index contributed by atoms with van der Waals surface area (Å²) in [6.45, 7) is 3.95. The van der Waals surface area contributed by atoms with Gasteiger partial charge in [0, 0.05) is 37.4 Å². The first kappa shape index (κ1) is 16.8. The van der Waals surface area contributed by atoms with Crippen molar-refractivity contribution in [2.45, 2.75) is 0 Å². The summed E-state index contributed by atoms with van der Waals surface area (Å²) in [6, 6.07) is 15.3. The minimum Gasteiger partial charge on any atom is -0.497 e. The van der Waals surface area contributed by atoms with Crippen molar-refractivity contribution in [3.05, 3.63) is 59.1 Å². The fraction of sp³-hybridized carbons (Fsp3) is 0.316. The summed E-state index contributed by atoms with van der Waals surface area (Å²) in [4.78, 5) is 16.9. The van der Waals surface area contributed by atoms with Crippen LogP contribution in [0.25, 0.3) is 0 Å². The SMILES string of the molecule is COc1ccc(N2CCN(CC(=O)c3ccccc3Cl)CC2)cc1. The van der Waals surface area contributed by atoms with Crippen molar-refractivity contribution in [3.8, 4) is 5.75 Å². The smallest absolute Gasteiger partial charge is 0.178 e. The average Bonchev–Trinajstić information content (AvgIpc) is 2.63. The molecular weight excluding hydrogens is 324 g/mol. The number of Topliss-reactive ketones (excluding diaryl/α,β-unsaturated/α-hetero) is 1. The van der Waals surface area contributed by atoms with Crippen molar-refractivity contribution in [2.75, 3.05) is 44.7 Å². The Morgan fingerprint density at radius 1 is 1.04 bits per heavy atom. The predicted molar refractivity (Wildman–Crippen MR) is 97.4 cm³/mol. The van der Waals surface area contributed by atoms with Crippen LogP contribution < -0.4 is 9.64 Å². The van der Waals surface area contributed by atoms with Crippen LogP contribution in [0, 0.1) is 0 Å². The van der Waals surface area contributed by atoms with Gasteiger partial charge in [0.05, 0.1) is 18.7 Å². The molecule has 1 aliphatic heterocycles. The number of rotatable bonds is 5. The van der Waals surface area contributed by atoms with Gasteiger partial charge in [-0.15, -0.1) is 0 Å². The highest BCUT2D eigenvalue weighted by molar-refractivity contribution is 6.34. The van der Waals surface area contributed by atoms with Crippen LogP contribution in [-0.2, 0) is 0 Å². The molecule has 1 heterocycles. The molecule has 4 nitrogen and oxygen atoms in total. The van der Waals surface area contributed by atoms with Gasteiger partial charge in [-0.1, -0.05) is 23.7 Å². The number of ether oxygens (including phenoxy) is 1. The van der Waals surface area contributed by atoms with Crippen molar-refractivity contribution >= 4 is 23.1 Å². The number of anilines is 1. The summed E-state index contributed by atoms with van der Waals surface area (Å²) in [7, 11) is 1.67. The molecule has 0 amide bonds. The van der Waals surface area contributed by atoms with Crippen molar-refractivity contribution < 1.29 is 9.53 Å². The summed E-state index contributed by atoms with van der Waals surface area (Å²) < 4.78 is 5.19. The Hall–Kier alpha value is -2.04. The second-order valence-electron chi connectivity index (χ2n) is 5.86. The minimum atomic E-state index is 0.0819. The lowest BCUT2D eigenvalue weighted by Crippen LogP contribution is -2.48. The molecule has 126 valence electrons. The second-order valence-corrected chi connectivity index (χ2v) is 6.27. The van der Waals surface area contributed by atoms with Crippen molar-refractivity contribution in [1.82, 2.24) is 4.90 Å². The Morgan fingerprint density at radius 3 is 2.33 bits per heavy atom. The van der Waals surface area contributed by atoms with Gasteiger partial charge in [-0.2, -0.15) is 0 Å². The number of benzene rings is 2. The first-order valence-electron chi connectivity index (χ1n) is 8.06. The molecule has 24 heavy (non-hydrogen) atoms. The average molecular weight is 345 g/mol. The number of piperazine rings is 1. The number of carbonyl (C=O) groups excluding carboxylic acids is 1. The van der Waals surface area contributed by atoms with E-state index in [1.165, 1.54) is 5.69 Å². The number of nitrogens with zero attached hydrogens (tertiary/aromatic N) is 2. The molecule has 0 radical (unpaired) electrons. The lowest BCUT2D eigenvalue weighted by atomic mass is 10.1. The molecule has 5 heteroatoms. The number of methoxy groups -OCH3 is 1. The highest BCUT2D eigenvalue weighted by atomic mass is 35.5. The molecule has 0 aliphatic carbocycles. The Balaban J connectivity index is 1.55. The van der Waals surface area contributed by atoms with Crippen LogP contribution in [0.15, 0.2) is 48.5 Å². The van der Waals surface area contributed by atoms with Crippen molar-refractivity contribution in [1.29, 1.82) is 0 Å². The number of carbonyl (C=O) groups is 1. The Labute approximate surface area is 147 Å². The predicted octanol–water partition coefficient (Wildman–Crippen LogP) is 3.35. The Kier molecular flexibility index (Phi) is 5.38. The molecule has 0 saturated carbocycles. The van der Waals surface area contributed by atoms with E-state index >= 15 is 0 Å². The first-order chi connectivity index (χ1) is 11.7. The van der Waals surface area contributed by atoms with E-state index in [2.05, 4.69) is 21.9 Å². The largest absolute Gasteiger partial charge is 0.497 e. The Morgan fingerprint density at radius 2 is 1.71 bits per heavy atom. The van der Waals surface area contributed by atoms with E-state index in [-0.39, 0.29) is 5.78 Å². The molecule has 0 spiro atoms. The van der Waals surface area contributed by atoms with Gasteiger partial charge < -0.3 is 9.64 Å². The van der Waals surface area contributed by atoms with Gasteiger partial charge in [-0.3, -0.25) is 9.69 Å². The van der Waals surface area contributed by atoms with E-state index in [1.807, 2.05) is 24.3 Å². The molecule has 3 rings (SSSR count). The zero-order valence-corrected chi connectivity index (χ0v) is 14.5. The van der Waals surface area contributed by atoms with Crippen molar-refractivity contribution in [2.24, 2.45) is 0 Å². The third-order valence-corrected chi connectivity index (χ3v) is 4.68. The molecule has 0 unspecified atom stereocenters. The molecule has 2 aromatic rings. The number of hydrogen-bond donors (Lipinski definition) is 0. The van der Waals surface area contributed by atoms with E-state index in [0.29, 0.717) is 17.1 Å². The Bertz CT molecular complexity index is 695. The maximum absolute atomic E-state index is 12.4. The van der Waals surface area contributed by atoms with Crippen LogP contribution >= 0.6 is 11.6 Å². The molecule has 0 atom stereocenters. The van der Waals surface area contributed by atoms with E-state index in [9.17, 15) is 4.79 Å². The van der Waals surface area contributed by atoms with E-state index < -0.39 is 0 Å². The number of ketones is 1. The summed E-state index contributed by atoms with van der Waals surface area (Å²) in [5, 5.41) is 0.527. The van der Waals surface area contributed by atoms with Crippen LogP contribution in [0.5, 0.6) is 5.75 Å². The normalized spacial score (nSPS) is 15.3. The summed E-state index contributed by atoms with van der Waals surface area (Å²) in [5.74, 6) is 0.946. The zero-order valence-electron chi connectivity index (χ0n) is 13.7. The number of halogens is 1. The van der Waals surface area contributed by atoms with Gasteiger partial charge >= 0.3 is 0 Å². The van der Waals surface area contributed by atoms with Gasteiger partial charge in [-0.05, 0) is 36.4 Å². The topological polar surface area (TPSA) is 32.8 Å². The molecule has 2 aromatic carbocycles. The highest BCUT2D eigenvalue weighted by Crippen LogP contribution is 2.21. The third-order valence-electron chi connectivity index (χ3n) is 4.35. The van der Waals surface area contributed by atoms with Gasteiger partial charge in [0.1, 0.15) is 5.75 Å². The summed E-state index contributed by atoms with van der Waals surface area (Å²) in [5.41, 5.74) is 1.80. The van der Waals surface area contributed by atoms with Crippen LogP contribution in [-0.4, -0.2) is 50.5 Å². The van der Waals surface area contributed by atoms with Crippen LogP contribution in [0.2, 0.25) is 5.02 Å². The lowest BCUT2D eigenvalue weighted by molar-refractivity contribution is 0.0926. The van der Waals surface area contributed by atoms with E-state index in [0.717, 1.165) is 31.9 Å². The van der Waals surface area contributed by atoms with Gasteiger partial charge in [0.2, 0.25) is 0 Å². The highest BCUT2D eigenvalue weighted by Gasteiger charge is 2.20. The molecule has 1 fully saturated rings. The van der Waals surface area contributed by atoms with Crippen LogP contribution in [0.4, 0.5) is 5.69 Å². The standard InChI is InChI=1S/C19H21ClN2O2/c1-24-16-8-6-15(7-9-16)22-12-10-21(11-13-22)14-19(23)17-4-2-3-5-18(17)20/h2-9H,10-14H2,1H3. The van der Waals surface area contributed by atoms with Crippen molar-refractivity contribution in [3.63, 3.8) is 0 Å². The van der Waals surface area contributed by atoms with Gasteiger partial charge in [0.15, 0.2) is 5.78 Å². The van der Waals surface area contributed by atoms with Crippen LogP contribution in [0.1, 0.15) is 10.4 Å². The van der Waals surface area contributed by atoms with E-state index in [1.54, 1.807) is 19.2 Å². The fourth-order valence-electron chi connectivity index (χ4n) is 2.93. The summed E-state index contributed by atoms with van der Waals surface area (Å²) in [6.07, 6.45) is 0. The molecule has 1 aliphatic rings. The van der Waals surface area contributed by atoms with Gasteiger partial charge in [-0.25, -0.2) is 0 Å². The fourth-order valence-corrected chi connectivity index (χ4v) is 3.17. The maximum Gasteiger partial charge on any atom is 0.178 e. The molecule has 0 bridgehead atoms. The first-order valence-corrected chi connectivity index (χ1v) is 8.44. The molecule has 0 N–H and O–H groups in total. The maximum atomic E-state index is 12.4. The number of hydrogen-bond acceptors (Lipinski definition) is 4. The minimum absolute atomic E-state index is 0.0819. The lowest BCUT2D eigenvalue weighted by Gasteiger charge is -2.35. The van der Waals surface area contributed by atoms with Gasteiger partial charge in [0.25, 0.3) is 0 Å².